The van der Waals surface area contributed by atoms with Crippen LogP contribution in [0.3, 0.4) is 0 Å². The van der Waals surface area contributed by atoms with Crippen LogP contribution in [-0.4, -0.2) is 165 Å². The van der Waals surface area contributed by atoms with Crippen molar-refractivity contribution in [2.45, 2.75) is 193 Å². The lowest BCUT2D eigenvalue weighted by molar-refractivity contribution is -0.869. The van der Waals surface area contributed by atoms with E-state index in [9.17, 15) is 50.3 Å². The van der Waals surface area contributed by atoms with E-state index in [1.807, 2.05) is 132 Å². The number of urea groups is 5. The van der Waals surface area contributed by atoms with Crippen LogP contribution in [0, 0.1) is 51.4 Å². The molecule has 0 radical (unpaired) electrons. The molecule has 5 saturated heterocycles. The number of halogens is 12. The molecule has 23 nitrogen and oxygen atoms in total. The van der Waals surface area contributed by atoms with Crippen LogP contribution in [0.4, 0.5) is 106 Å². The van der Waals surface area contributed by atoms with Crippen LogP contribution >= 0.6 is 11.6 Å². The highest BCUT2D eigenvalue weighted by atomic mass is 35.5. The van der Waals surface area contributed by atoms with Crippen molar-refractivity contribution in [3.05, 3.63) is 320 Å². The fraction of sp³-hybridized carbons (Fsp3) is 0.391. The number of carbonyl (C=O) groups is 5. The van der Waals surface area contributed by atoms with E-state index in [2.05, 4.69) is 83.9 Å². The van der Waals surface area contributed by atoms with Gasteiger partial charge in [0.15, 0.2) is 28.3 Å². The van der Waals surface area contributed by atoms with Gasteiger partial charge in [0.25, 0.3) is 0 Å². The smallest absolute Gasteiger partial charge is 0.406 e. The third-order valence-corrected chi connectivity index (χ3v) is 27.2. The number of hydrogen-bond donors (Lipinski definition) is 5. The van der Waals surface area contributed by atoms with Gasteiger partial charge < -0.3 is 50.5 Å². The molecule has 0 bridgehead atoms. The number of nitriles is 1. The first-order valence-corrected chi connectivity index (χ1v) is 48.7. The Morgan fingerprint density at radius 2 is 0.738 bits per heavy atom. The van der Waals surface area contributed by atoms with Gasteiger partial charge in [-0.2, -0.15) is 18.4 Å². The fourth-order valence-corrected chi connectivity index (χ4v) is 18.4. The largest absolute Gasteiger partial charge is 0.573 e. The number of amides is 10. The van der Waals surface area contributed by atoms with Gasteiger partial charge in [0.2, 0.25) is 0 Å². The average Bonchev–Trinajstić information content (AvgIpc) is 0.755. The lowest BCUT2D eigenvalue weighted by Crippen LogP contribution is -2.60. The third-order valence-electron chi connectivity index (χ3n) is 26.9. The second kappa shape index (κ2) is 47.8. The molecule has 11 aromatic rings. The monoisotopic (exact) mass is 2020 g/mol. The van der Waals surface area contributed by atoms with Gasteiger partial charge in [0, 0.05) is 206 Å². The maximum absolute atomic E-state index is 16.4. The first-order chi connectivity index (χ1) is 68.7. The predicted octanol–water partition coefficient (Wildman–Crippen LogP) is 26.2. The summed E-state index contributed by atoms with van der Waals surface area (Å²) in [7, 11) is 3.93. The number of rotatable bonds is 17. The molecule has 5 aliphatic rings. The summed E-state index contributed by atoms with van der Waals surface area (Å²) in [5.74, 6) is -0.378. The van der Waals surface area contributed by atoms with E-state index in [1.165, 1.54) is 29.2 Å². The second-order valence-electron chi connectivity index (χ2n) is 38.8. The van der Waals surface area contributed by atoms with E-state index in [4.69, 9.17) is 16.9 Å². The molecule has 16 rings (SSSR count). The Balaban J connectivity index is 0.000000164. The van der Waals surface area contributed by atoms with Crippen molar-refractivity contribution < 1.29 is 81.5 Å². The number of piperidine rings is 5. The SMILES string of the molecule is CCc1ccc(NC(=O)[N+]2(Cc3ccc(C(F)(F)F)cc3CCC(C)(C)C)CCC(F)(c3ncccc3C)CC2)cc1.Cc1cccnc1C1(F)CCN(C(=O)Nc2ccc(C#N)cc2)CC1.Cc1cccnc1C1(F)CCN(C(=O)Nc2ccc(Cl)cc2)CC1.Cc1cccnc1C1(F)CCN(C(=O)Nc2ccc(N(C)C)cc2)CC1.Cc1cccnc1C1(F)CCN(C(=O)Nc2ccc(OC(F)(F)F)cc2)CC1. The molecule has 0 spiro atoms. The zero-order valence-electron chi connectivity index (χ0n) is 83.3. The number of aryl methyl sites for hydroxylation is 7. The van der Waals surface area contributed by atoms with E-state index in [0.717, 1.165) is 69.4 Å². The highest BCUT2D eigenvalue weighted by Gasteiger charge is 2.51. The minimum Gasteiger partial charge on any atom is -0.406 e. The Bertz CT molecular complexity index is 6250. The molecule has 0 atom stereocenters. The van der Waals surface area contributed by atoms with Crippen molar-refractivity contribution in [3.8, 4) is 11.8 Å². The number of nitrogens with one attached hydrogen (secondary N) is 5. The molecule has 6 aromatic carbocycles. The first-order valence-electron chi connectivity index (χ1n) is 48.3. The van der Waals surface area contributed by atoms with Gasteiger partial charge in [-0.1, -0.05) is 87.8 Å². The summed E-state index contributed by atoms with van der Waals surface area (Å²) in [6.07, 6.45) is 2.60. The van der Waals surface area contributed by atoms with Gasteiger partial charge in [-0.05, 0) is 250 Å². The first kappa shape index (κ1) is 110. The standard InChI is InChI=1S/C34H41F4N3O.C20H25FN4O.C19H19F4N3O2.C19H19FN4O.C18H19ClFN3O/c1-6-25-9-13-29(14-10-25)40-31(42)41(20-17-33(35,18-21-41)30-24(2)8-7-19-39-30)23-27-11-12-28(34(36,37)38)22-26(27)15-16-32(3,4)5;1-15-5-4-12-22-18(15)20(21)10-13-25(14-11-20)19(26)23-16-6-8-17(9-7-16)24(2)3;1-13-3-2-10-24-16(13)18(20)8-11-26(12-9-18)17(27)25-14-4-6-15(7-5-14)28-19(21,22)23;1-14-3-2-10-22-17(14)19(20)8-11-24(12-9-19)18(25)23-16-6-4-15(13-21)5-7-16;1-13-3-2-10-21-16(13)18(20)8-11-23(12-9-18)17(24)22-15-6-4-14(19)5-7-15/h7-14,19,22H,6,15-18,20-21,23H2,1-5H3;4-9,12H,10-11,13-14H2,1-3H3,(H,23,26);2-7,10H,8-9,11-12H2,1H3,(H,25,27);2-7,10H,8-9,11-12H2,1H3,(H,23,25);2-7,10H,8-9,11-12H2,1H3,(H,22,24)/p+1. The molecule has 0 unspecified atom stereocenters. The number of anilines is 6. The third kappa shape index (κ3) is 29.7. The summed E-state index contributed by atoms with van der Waals surface area (Å²) in [5, 5.41) is 23.5. The lowest BCUT2D eigenvalue weighted by Gasteiger charge is -2.43. The molecule has 0 saturated carbocycles. The minimum atomic E-state index is -4.77. The number of pyridine rings is 5. The van der Waals surface area contributed by atoms with Crippen molar-refractivity contribution in [3.63, 3.8) is 0 Å². The Morgan fingerprint density at radius 1 is 0.428 bits per heavy atom. The number of hydrogen-bond acceptors (Lipinski definition) is 13. The number of nitrogens with zero attached hydrogens (tertiary/aromatic N) is 12. The Kier molecular flexibility index (Phi) is 36.3. The number of ether oxygens (including phenoxy) is 1. The van der Waals surface area contributed by atoms with Gasteiger partial charge in [-0.3, -0.25) is 30.2 Å². The summed E-state index contributed by atoms with van der Waals surface area (Å²) in [4.78, 5) is 93.1. The number of likely N-dealkylation sites (tertiary alicyclic amines) is 5. The molecule has 35 heteroatoms. The highest BCUT2D eigenvalue weighted by molar-refractivity contribution is 6.30. The van der Waals surface area contributed by atoms with Crippen LogP contribution in [0.25, 0.3) is 0 Å². The molecule has 5 aromatic heterocycles. The number of quaternary nitrogens is 1. The van der Waals surface area contributed by atoms with Crippen LogP contribution in [0.15, 0.2) is 231 Å². The van der Waals surface area contributed by atoms with E-state index in [1.54, 1.807) is 131 Å². The summed E-state index contributed by atoms with van der Waals surface area (Å²) in [5.41, 5.74) is 4.79. The van der Waals surface area contributed by atoms with Crippen molar-refractivity contribution in [2.75, 3.05) is 111 Å². The number of carbonyl (C=O) groups excluding carboxylic acids is 5. The average molecular weight is 2020 g/mol. The molecule has 10 amide bonds. The van der Waals surface area contributed by atoms with Crippen molar-refractivity contribution in [1.29, 1.82) is 5.26 Å². The summed E-state index contributed by atoms with van der Waals surface area (Å²) in [6, 6.07) is 56.2. The molecule has 5 N–H and O–H groups in total. The maximum Gasteiger partial charge on any atom is 0.573 e. The zero-order valence-corrected chi connectivity index (χ0v) is 84.0. The molecular formula is C110H124ClF11N17O6+. The highest BCUT2D eigenvalue weighted by Crippen LogP contribution is 2.46. The number of aromatic nitrogens is 5. The van der Waals surface area contributed by atoms with Gasteiger partial charge in [-0.15, -0.1) is 13.2 Å². The summed E-state index contributed by atoms with van der Waals surface area (Å²) < 4.78 is 159. The van der Waals surface area contributed by atoms with Crippen LogP contribution < -0.4 is 36.2 Å². The van der Waals surface area contributed by atoms with Crippen LogP contribution in [0.5, 0.6) is 5.75 Å². The maximum atomic E-state index is 16.4. The van der Waals surface area contributed by atoms with Crippen molar-refractivity contribution in [1.82, 2.24) is 44.5 Å². The molecule has 5 fully saturated rings. The molecule has 5 aliphatic heterocycles. The van der Waals surface area contributed by atoms with Gasteiger partial charge >= 0.3 is 42.7 Å². The van der Waals surface area contributed by atoms with Gasteiger partial charge in [-0.25, -0.2) is 50.4 Å². The normalized spacial score (nSPS) is 17.8. The topological polar surface area (TPSA) is 259 Å². The second-order valence-corrected chi connectivity index (χ2v) is 39.3. The predicted molar refractivity (Wildman–Crippen MR) is 542 cm³/mol. The summed E-state index contributed by atoms with van der Waals surface area (Å²) >= 11 is 5.83. The van der Waals surface area contributed by atoms with Crippen LogP contribution in [0.2, 0.25) is 5.02 Å². The van der Waals surface area contributed by atoms with Crippen molar-refractivity contribution in [2.24, 2.45) is 5.41 Å². The van der Waals surface area contributed by atoms with E-state index in [0.29, 0.717) is 125 Å². The molecular weight excluding hydrogens is 1900 g/mol. The quantitative estimate of drug-likeness (QED) is 0.0420. The van der Waals surface area contributed by atoms with Crippen molar-refractivity contribution >= 4 is 75.9 Å². The molecule has 0 aliphatic carbocycles. The number of benzene rings is 6. The zero-order chi connectivity index (χ0) is 105. The van der Waals surface area contributed by atoms with Gasteiger partial charge in [0.05, 0.1) is 58.8 Å². The summed E-state index contributed by atoms with van der Waals surface area (Å²) in [6.45, 7) is 20.5. The molecule has 768 valence electrons. The van der Waals surface area contributed by atoms with E-state index < -0.39 is 52.5 Å². The lowest BCUT2D eigenvalue weighted by atomic mass is 9.85. The fourth-order valence-electron chi connectivity index (χ4n) is 18.3. The van der Waals surface area contributed by atoms with E-state index >= 15 is 22.0 Å². The van der Waals surface area contributed by atoms with Crippen LogP contribution in [-0.2, 0) is 53.9 Å². The minimum absolute atomic E-state index is 0.0744. The molecule has 145 heavy (non-hydrogen) atoms. The van der Waals surface area contributed by atoms with Crippen LogP contribution in [0.1, 0.15) is 182 Å². The Labute approximate surface area is 844 Å². The van der Waals surface area contributed by atoms with Gasteiger partial charge in [0.1, 0.15) is 12.3 Å². The number of alkyl halides is 11. The molecule has 10 heterocycles. The Hall–Kier alpha value is -13.8. The van der Waals surface area contributed by atoms with E-state index in [-0.39, 0.29) is 137 Å². The Morgan fingerprint density at radius 3 is 1.04 bits per heavy atom.